The van der Waals surface area contributed by atoms with Crippen LogP contribution in [0.4, 0.5) is 0 Å². The van der Waals surface area contributed by atoms with Gasteiger partial charge in [0.1, 0.15) is 0 Å². The molecule has 2 aromatic rings. The number of rotatable bonds is 7. The third-order valence-electron chi connectivity index (χ3n) is 3.58. The quantitative estimate of drug-likeness (QED) is 0.593. The molecule has 1 aromatic heterocycles. The maximum atomic E-state index is 12.6. The highest BCUT2D eigenvalue weighted by Gasteiger charge is 2.32. The molecule has 1 amide bonds. The maximum Gasteiger partial charge on any atom is 0.340 e. The number of benzene rings is 1. The van der Waals surface area contributed by atoms with E-state index < -0.39 is 23.9 Å². The van der Waals surface area contributed by atoms with Crippen molar-refractivity contribution in [1.82, 2.24) is 15.1 Å². The fourth-order valence-corrected chi connectivity index (χ4v) is 2.34. The summed E-state index contributed by atoms with van der Waals surface area (Å²) >= 11 is 0. The molecule has 0 saturated heterocycles. The van der Waals surface area contributed by atoms with Crippen LogP contribution >= 0.6 is 0 Å². The maximum absolute atomic E-state index is 12.6. The number of carbonyl (C=O) groups is 3. The minimum Gasteiger partial charge on any atom is -0.464 e. The van der Waals surface area contributed by atoms with Crippen LogP contribution in [0.3, 0.4) is 0 Å². The van der Waals surface area contributed by atoms with Gasteiger partial charge in [0.2, 0.25) is 6.04 Å². The van der Waals surface area contributed by atoms with Crippen LogP contribution < -0.4 is 5.32 Å². The van der Waals surface area contributed by atoms with E-state index in [2.05, 4.69) is 10.4 Å². The van der Waals surface area contributed by atoms with Crippen molar-refractivity contribution in [3.8, 4) is 5.69 Å². The second-order valence-electron chi connectivity index (χ2n) is 5.30. The summed E-state index contributed by atoms with van der Waals surface area (Å²) in [5, 5.41) is 6.57. The molecule has 0 atom stereocenters. The molecule has 0 spiro atoms. The lowest BCUT2D eigenvalue weighted by atomic mass is 10.2. The molecule has 26 heavy (non-hydrogen) atoms. The van der Waals surface area contributed by atoms with Gasteiger partial charge in [0.05, 0.1) is 36.4 Å². The van der Waals surface area contributed by atoms with Gasteiger partial charge >= 0.3 is 11.9 Å². The molecule has 0 bridgehead atoms. The Kier molecular flexibility index (Phi) is 6.48. The molecule has 1 N–H and O–H groups in total. The van der Waals surface area contributed by atoms with Gasteiger partial charge < -0.3 is 14.8 Å². The van der Waals surface area contributed by atoms with Gasteiger partial charge in [-0.25, -0.2) is 14.3 Å². The van der Waals surface area contributed by atoms with Crippen molar-refractivity contribution < 1.29 is 23.9 Å². The fourth-order valence-electron chi connectivity index (χ4n) is 2.34. The predicted molar refractivity (Wildman–Crippen MR) is 92.8 cm³/mol. The van der Waals surface area contributed by atoms with Gasteiger partial charge in [0, 0.05) is 0 Å². The van der Waals surface area contributed by atoms with Crippen LogP contribution in [-0.2, 0) is 19.1 Å². The normalized spacial score (nSPS) is 10.5. The Balaban J connectivity index is 2.23. The van der Waals surface area contributed by atoms with E-state index in [0.717, 1.165) is 5.69 Å². The standard InChI is InChI=1S/C18H21N3O5/c1-4-25-17(23)15(18(24)26-5-2)20-16(22)14-11-19-21(12(14)3)13-9-7-6-8-10-13/h6-11,15H,4-5H2,1-3H3,(H,20,22). The molecule has 138 valence electrons. The van der Waals surface area contributed by atoms with Crippen LogP contribution in [0.5, 0.6) is 0 Å². The van der Waals surface area contributed by atoms with E-state index in [9.17, 15) is 14.4 Å². The topological polar surface area (TPSA) is 99.5 Å². The number of nitrogens with zero attached hydrogens (tertiary/aromatic N) is 2. The number of esters is 2. The highest BCUT2D eigenvalue weighted by Crippen LogP contribution is 2.14. The molecule has 1 aromatic carbocycles. The molecule has 1 heterocycles. The summed E-state index contributed by atoms with van der Waals surface area (Å²) < 4.78 is 11.3. The van der Waals surface area contributed by atoms with Crippen molar-refractivity contribution in [2.75, 3.05) is 13.2 Å². The second-order valence-corrected chi connectivity index (χ2v) is 5.30. The summed E-state index contributed by atoms with van der Waals surface area (Å²) in [5.74, 6) is -2.35. The number of hydrogen-bond acceptors (Lipinski definition) is 6. The lowest BCUT2D eigenvalue weighted by Crippen LogP contribution is -2.48. The number of ether oxygens (including phenoxy) is 2. The smallest absolute Gasteiger partial charge is 0.340 e. The zero-order chi connectivity index (χ0) is 19.1. The number of para-hydroxylation sites is 1. The van der Waals surface area contributed by atoms with Crippen LogP contribution in [-0.4, -0.2) is 46.9 Å². The molecule has 8 nitrogen and oxygen atoms in total. The summed E-state index contributed by atoms with van der Waals surface area (Å²) in [5.41, 5.74) is 1.60. The number of aromatic nitrogens is 2. The van der Waals surface area contributed by atoms with Crippen molar-refractivity contribution in [1.29, 1.82) is 0 Å². The summed E-state index contributed by atoms with van der Waals surface area (Å²) in [6.45, 7) is 5.09. The second kappa shape index (κ2) is 8.80. The molecule has 0 fully saturated rings. The van der Waals surface area contributed by atoms with Crippen LogP contribution in [0.25, 0.3) is 5.69 Å². The SMILES string of the molecule is CCOC(=O)C(NC(=O)c1cnn(-c2ccccc2)c1C)C(=O)OCC. The Bertz CT molecular complexity index is 767. The first kappa shape index (κ1) is 19.2. The highest BCUT2D eigenvalue weighted by atomic mass is 16.6. The lowest BCUT2D eigenvalue weighted by molar-refractivity contribution is -0.157. The monoisotopic (exact) mass is 359 g/mol. The number of nitrogens with one attached hydrogen (secondary N) is 1. The van der Waals surface area contributed by atoms with Crippen molar-refractivity contribution >= 4 is 17.8 Å². The Hall–Kier alpha value is -3.16. The Labute approximate surface area is 151 Å². The third kappa shape index (κ3) is 4.27. The molecule has 0 unspecified atom stereocenters. The van der Waals surface area contributed by atoms with Gasteiger partial charge in [0.25, 0.3) is 5.91 Å². The van der Waals surface area contributed by atoms with E-state index in [4.69, 9.17) is 9.47 Å². The van der Waals surface area contributed by atoms with E-state index in [1.54, 1.807) is 25.5 Å². The van der Waals surface area contributed by atoms with E-state index >= 15 is 0 Å². The number of hydrogen-bond donors (Lipinski definition) is 1. The molecule has 0 radical (unpaired) electrons. The molecular weight excluding hydrogens is 338 g/mol. The van der Waals surface area contributed by atoms with E-state index in [1.165, 1.54) is 6.20 Å². The Morgan fingerprint density at radius 2 is 1.65 bits per heavy atom. The van der Waals surface area contributed by atoms with Gasteiger partial charge in [-0.3, -0.25) is 4.79 Å². The van der Waals surface area contributed by atoms with E-state index in [0.29, 0.717) is 5.69 Å². The zero-order valence-electron chi connectivity index (χ0n) is 14.9. The first-order valence-corrected chi connectivity index (χ1v) is 8.23. The third-order valence-corrected chi connectivity index (χ3v) is 3.58. The van der Waals surface area contributed by atoms with Crippen molar-refractivity contribution in [2.45, 2.75) is 26.8 Å². The molecule has 2 rings (SSSR count). The van der Waals surface area contributed by atoms with Crippen LogP contribution in [0.15, 0.2) is 36.5 Å². The van der Waals surface area contributed by atoms with Crippen LogP contribution in [0.1, 0.15) is 29.9 Å². The van der Waals surface area contributed by atoms with Gasteiger partial charge in [-0.05, 0) is 32.9 Å². The first-order chi connectivity index (χ1) is 12.5. The predicted octanol–water partition coefficient (Wildman–Crippen LogP) is 1.41. The summed E-state index contributed by atoms with van der Waals surface area (Å²) in [7, 11) is 0. The molecule has 0 aliphatic rings. The Morgan fingerprint density at radius 3 is 2.19 bits per heavy atom. The summed E-state index contributed by atoms with van der Waals surface area (Å²) in [6, 6.07) is 7.76. The zero-order valence-corrected chi connectivity index (χ0v) is 14.9. The highest BCUT2D eigenvalue weighted by molar-refractivity contribution is 6.06. The lowest BCUT2D eigenvalue weighted by Gasteiger charge is -2.15. The summed E-state index contributed by atoms with van der Waals surface area (Å²) in [4.78, 5) is 36.5. The van der Waals surface area contributed by atoms with Crippen molar-refractivity contribution in [3.05, 3.63) is 47.8 Å². The van der Waals surface area contributed by atoms with Gasteiger partial charge in [0.15, 0.2) is 0 Å². The van der Waals surface area contributed by atoms with Crippen molar-refractivity contribution in [2.24, 2.45) is 0 Å². The average Bonchev–Trinajstić information content (AvgIpc) is 3.02. The molecule has 0 aliphatic carbocycles. The van der Waals surface area contributed by atoms with E-state index in [1.807, 2.05) is 30.3 Å². The number of amides is 1. The number of carbonyl (C=O) groups excluding carboxylic acids is 3. The Morgan fingerprint density at radius 1 is 1.08 bits per heavy atom. The first-order valence-electron chi connectivity index (χ1n) is 8.23. The minimum absolute atomic E-state index is 0.0789. The summed E-state index contributed by atoms with van der Waals surface area (Å²) in [6.07, 6.45) is 1.38. The van der Waals surface area contributed by atoms with E-state index in [-0.39, 0.29) is 18.8 Å². The minimum atomic E-state index is -1.53. The molecule has 8 heteroatoms. The van der Waals surface area contributed by atoms with Crippen LogP contribution in [0.2, 0.25) is 0 Å². The van der Waals surface area contributed by atoms with Crippen molar-refractivity contribution in [3.63, 3.8) is 0 Å². The van der Waals surface area contributed by atoms with Gasteiger partial charge in [-0.2, -0.15) is 5.10 Å². The molecule has 0 saturated carbocycles. The largest absolute Gasteiger partial charge is 0.464 e. The fraction of sp³-hybridized carbons (Fsp3) is 0.333. The average molecular weight is 359 g/mol. The van der Waals surface area contributed by atoms with Gasteiger partial charge in [-0.15, -0.1) is 0 Å². The van der Waals surface area contributed by atoms with Crippen LogP contribution in [0, 0.1) is 6.92 Å². The molecule has 0 aliphatic heterocycles. The van der Waals surface area contributed by atoms with Gasteiger partial charge in [-0.1, -0.05) is 18.2 Å². The molecular formula is C18H21N3O5.